The maximum absolute atomic E-state index is 11.5. The van der Waals surface area contributed by atoms with Gasteiger partial charge in [-0.2, -0.15) is 0 Å². The molecule has 1 N–H and O–H groups in total. The Hall–Kier alpha value is -2.30. The number of allylic oxidation sites excluding steroid dienone is 1. The Morgan fingerprint density at radius 1 is 1.50 bits per heavy atom. The lowest BCUT2D eigenvalue weighted by molar-refractivity contribution is -0.116. The van der Waals surface area contributed by atoms with Crippen LogP contribution in [0.4, 0.5) is 0 Å². The molecule has 1 amide bonds. The molecule has 2 heterocycles. The van der Waals surface area contributed by atoms with E-state index >= 15 is 0 Å². The van der Waals surface area contributed by atoms with Gasteiger partial charge in [-0.15, -0.1) is 0 Å². The first-order chi connectivity index (χ1) is 9.60. The van der Waals surface area contributed by atoms with E-state index in [1.165, 1.54) is 0 Å². The Bertz CT molecular complexity index is 640. The molecular weight excluding hydrogens is 254 g/mol. The van der Waals surface area contributed by atoms with Crippen molar-refractivity contribution in [3.05, 3.63) is 41.9 Å². The van der Waals surface area contributed by atoms with Crippen LogP contribution < -0.4 is 10.1 Å². The fourth-order valence-corrected chi connectivity index (χ4v) is 1.94. The maximum Gasteiger partial charge on any atom is 0.243 e. The lowest BCUT2D eigenvalue weighted by Gasteiger charge is -2.00. The predicted octanol–water partition coefficient (Wildman–Crippen LogP) is 1.97. The van der Waals surface area contributed by atoms with Gasteiger partial charge in [-0.05, 0) is 26.0 Å². The molecule has 5 nitrogen and oxygen atoms in total. The highest BCUT2D eigenvalue weighted by Gasteiger charge is 2.06. The number of carbonyl (C=O) groups excluding carboxylic acids is 1. The van der Waals surface area contributed by atoms with Crippen molar-refractivity contribution in [2.24, 2.45) is 0 Å². The molecule has 0 bridgehead atoms. The Labute approximate surface area is 118 Å². The van der Waals surface area contributed by atoms with Crippen molar-refractivity contribution in [3.8, 4) is 5.75 Å². The summed E-state index contributed by atoms with van der Waals surface area (Å²) in [5.41, 5.74) is 2.70. The van der Waals surface area contributed by atoms with E-state index < -0.39 is 0 Å². The molecular formula is C15H19N3O2. The lowest BCUT2D eigenvalue weighted by atomic mass is 10.3. The number of nitrogens with one attached hydrogen (secondary N) is 1. The number of fused-ring (bicyclic) bond motifs is 1. The molecule has 0 aromatic carbocycles. The second-order valence-corrected chi connectivity index (χ2v) is 4.80. The largest absolute Gasteiger partial charge is 0.493 e. The van der Waals surface area contributed by atoms with Gasteiger partial charge in [0.05, 0.1) is 12.8 Å². The molecule has 2 aromatic rings. The zero-order valence-corrected chi connectivity index (χ0v) is 12.0. The van der Waals surface area contributed by atoms with E-state index in [1.807, 2.05) is 42.8 Å². The van der Waals surface area contributed by atoms with Crippen LogP contribution in [0.3, 0.4) is 0 Å². The summed E-state index contributed by atoms with van der Waals surface area (Å²) < 4.78 is 7.19. The Balaban J connectivity index is 2.01. The standard InChI is InChI=1S/C15H19N3O2/c1-11(2)9-14(19)16-7-6-12-10-18-8-4-5-13(20-3)15(18)17-12/h4-5,8-10H,6-7H2,1-3H3,(H,16,19). The van der Waals surface area contributed by atoms with Gasteiger partial charge in [0.1, 0.15) is 0 Å². The number of rotatable bonds is 5. The minimum Gasteiger partial charge on any atom is -0.493 e. The summed E-state index contributed by atoms with van der Waals surface area (Å²) in [7, 11) is 1.63. The fourth-order valence-electron chi connectivity index (χ4n) is 1.94. The van der Waals surface area contributed by atoms with Gasteiger partial charge < -0.3 is 14.5 Å². The highest BCUT2D eigenvalue weighted by molar-refractivity contribution is 5.87. The van der Waals surface area contributed by atoms with Crippen LogP contribution in [-0.2, 0) is 11.2 Å². The van der Waals surface area contributed by atoms with E-state index in [2.05, 4.69) is 10.3 Å². The highest BCUT2D eigenvalue weighted by Crippen LogP contribution is 2.18. The molecule has 2 rings (SSSR count). The van der Waals surface area contributed by atoms with E-state index in [1.54, 1.807) is 13.2 Å². The van der Waals surface area contributed by atoms with Crippen LogP contribution in [0.25, 0.3) is 5.65 Å². The number of methoxy groups -OCH3 is 1. The number of carbonyl (C=O) groups is 1. The number of aromatic nitrogens is 2. The minimum atomic E-state index is -0.0636. The summed E-state index contributed by atoms with van der Waals surface area (Å²) in [4.78, 5) is 16.0. The van der Waals surface area contributed by atoms with E-state index in [-0.39, 0.29) is 5.91 Å². The molecule has 0 radical (unpaired) electrons. The molecule has 0 unspecified atom stereocenters. The predicted molar refractivity (Wildman–Crippen MR) is 77.9 cm³/mol. The van der Waals surface area contributed by atoms with Crippen molar-refractivity contribution in [3.63, 3.8) is 0 Å². The number of hydrogen-bond acceptors (Lipinski definition) is 3. The molecule has 20 heavy (non-hydrogen) atoms. The molecule has 0 saturated carbocycles. The van der Waals surface area contributed by atoms with Crippen LogP contribution in [0.5, 0.6) is 5.75 Å². The summed E-state index contributed by atoms with van der Waals surface area (Å²) in [6.07, 6.45) is 6.15. The highest BCUT2D eigenvalue weighted by atomic mass is 16.5. The molecule has 0 fully saturated rings. The minimum absolute atomic E-state index is 0.0636. The van der Waals surface area contributed by atoms with Gasteiger partial charge in [0.15, 0.2) is 11.4 Å². The molecule has 0 spiro atoms. The third kappa shape index (κ3) is 3.38. The van der Waals surface area contributed by atoms with Crippen molar-refractivity contribution < 1.29 is 9.53 Å². The molecule has 0 atom stereocenters. The molecule has 0 aliphatic carbocycles. The number of hydrogen-bond donors (Lipinski definition) is 1. The molecule has 106 valence electrons. The van der Waals surface area contributed by atoms with Crippen molar-refractivity contribution in [2.75, 3.05) is 13.7 Å². The zero-order chi connectivity index (χ0) is 14.5. The lowest BCUT2D eigenvalue weighted by Crippen LogP contribution is -2.23. The quantitative estimate of drug-likeness (QED) is 0.847. The van der Waals surface area contributed by atoms with Gasteiger partial charge in [0.2, 0.25) is 5.91 Å². The van der Waals surface area contributed by atoms with Crippen molar-refractivity contribution >= 4 is 11.6 Å². The average molecular weight is 273 g/mol. The van der Waals surface area contributed by atoms with Crippen molar-refractivity contribution in [2.45, 2.75) is 20.3 Å². The van der Waals surface area contributed by atoms with Crippen LogP contribution in [-0.4, -0.2) is 28.9 Å². The van der Waals surface area contributed by atoms with E-state index in [9.17, 15) is 4.79 Å². The van der Waals surface area contributed by atoms with Gasteiger partial charge >= 0.3 is 0 Å². The SMILES string of the molecule is COc1cccn2cc(CCNC(=O)C=C(C)C)nc12. The number of imidazole rings is 1. The number of pyridine rings is 1. The summed E-state index contributed by atoms with van der Waals surface area (Å²) >= 11 is 0. The molecule has 0 aliphatic rings. The van der Waals surface area contributed by atoms with Crippen LogP contribution in [0.15, 0.2) is 36.2 Å². The second kappa shape index (κ2) is 6.23. The summed E-state index contributed by atoms with van der Waals surface area (Å²) in [5, 5.41) is 2.84. The third-order valence-corrected chi connectivity index (χ3v) is 2.82. The summed E-state index contributed by atoms with van der Waals surface area (Å²) in [5.74, 6) is 0.679. The van der Waals surface area contributed by atoms with Gasteiger partial charge in [-0.3, -0.25) is 4.79 Å². The smallest absolute Gasteiger partial charge is 0.243 e. The molecule has 5 heteroatoms. The number of amides is 1. The zero-order valence-electron chi connectivity index (χ0n) is 12.0. The van der Waals surface area contributed by atoms with E-state index in [0.717, 1.165) is 22.7 Å². The van der Waals surface area contributed by atoms with Crippen LogP contribution in [0.2, 0.25) is 0 Å². The van der Waals surface area contributed by atoms with Crippen LogP contribution in [0.1, 0.15) is 19.5 Å². The first-order valence-corrected chi connectivity index (χ1v) is 6.53. The number of ether oxygens (including phenoxy) is 1. The van der Waals surface area contributed by atoms with Gasteiger partial charge in [0, 0.05) is 31.4 Å². The van der Waals surface area contributed by atoms with E-state index in [0.29, 0.717) is 13.0 Å². The monoisotopic (exact) mass is 273 g/mol. The number of nitrogens with zero attached hydrogens (tertiary/aromatic N) is 2. The van der Waals surface area contributed by atoms with Crippen molar-refractivity contribution in [1.82, 2.24) is 14.7 Å². The Morgan fingerprint density at radius 2 is 2.30 bits per heavy atom. The Morgan fingerprint density at radius 3 is 3.00 bits per heavy atom. The van der Waals surface area contributed by atoms with Gasteiger partial charge in [0.25, 0.3) is 0 Å². The summed E-state index contributed by atoms with van der Waals surface area (Å²) in [6, 6.07) is 3.79. The third-order valence-electron chi connectivity index (χ3n) is 2.82. The fraction of sp³-hybridized carbons (Fsp3) is 0.333. The summed E-state index contributed by atoms with van der Waals surface area (Å²) in [6.45, 7) is 4.36. The van der Waals surface area contributed by atoms with Crippen molar-refractivity contribution in [1.29, 1.82) is 0 Å². The maximum atomic E-state index is 11.5. The topological polar surface area (TPSA) is 55.6 Å². The average Bonchev–Trinajstić information content (AvgIpc) is 2.80. The van der Waals surface area contributed by atoms with E-state index in [4.69, 9.17) is 4.74 Å². The normalized spacial score (nSPS) is 10.3. The molecule has 0 saturated heterocycles. The van der Waals surface area contributed by atoms with Gasteiger partial charge in [-0.25, -0.2) is 4.98 Å². The van der Waals surface area contributed by atoms with Crippen LogP contribution >= 0.6 is 0 Å². The second-order valence-electron chi connectivity index (χ2n) is 4.80. The van der Waals surface area contributed by atoms with Crippen LogP contribution in [0, 0.1) is 0 Å². The first kappa shape index (κ1) is 14.1. The Kier molecular flexibility index (Phi) is 4.40. The molecule has 2 aromatic heterocycles. The van der Waals surface area contributed by atoms with Gasteiger partial charge in [-0.1, -0.05) is 5.57 Å². The first-order valence-electron chi connectivity index (χ1n) is 6.53. The molecule has 0 aliphatic heterocycles.